The standard InChI is InChI=1S/C16H18F3N5O/c17-16(18,19)13-7-8-22-15(24-13)23-10-9-21-14(25)6-5-11-3-1-2-4-12(11)20/h1-4,7-8H,5-6,9-10,20H2,(H,21,25)(H,22,23,24). The summed E-state index contributed by atoms with van der Waals surface area (Å²) >= 11 is 0. The SMILES string of the molecule is Nc1ccccc1CCC(=O)NCCNc1nccc(C(F)(F)F)n1. The van der Waals surface area contributed by atoms with E-state index in [1.165, 1.54) is 0 Å². The molecule has 0 saturated heterocycles. The van der Waals surface area contributed by atoms with E-state index < -0.39 is 11.9 Å². The Morgan fingerprint density at radius 3 is 2.64 bits per heavy atom. The Kier molecular flexibility index (Phi) is 6.15. The van der Waals surface area contributed by atoms with E-state index in [1.807, 2.05) is 18.2 Å². The van der Waals surface area contributed by atoms with Gasteiger partial charge in [-0.15, -0.1) is 0 Å². The fourth-order valence-electron chi connectivity index (χ4n) is 2.08. The Morgan fingerprint density at radius 2 is 1.92 bits per heavy atom. The van der Waals surface area contributed by atoms with Crippen molar-refractivity contribution < 1.29 is 18.0 Å². The second-order valence-corrected chi connectivity index (χ2v) is 5.24. The van der Waals surface area contributed by atoms with Crippen molar-refractivity contribution in [3.63, 3.8) is 0 Å². The average Bonchev–Trinajstić information content (AvgIpc) is 2.57. The van der Waals surface area contributed by atoms with Crippen molar-refractivity contribution in [1.29, 1.82) is 0 Å². The van der Waals surface area contributed by atoms with E-state index in [9.17, 15) is 18.0 Å². The van der Waals surface area contributed by atoms with Gasteiger partial charge in [0.25, 0.3) is 0 Å². The zero-order chi connectivity index (χ0) is 18.3. The molecule has 0 saturated carbocycles. The minimum atomic E-state index is -4.52. The number of hydrogen-bond donors (Lipinski definition) is 3. The first-order chi connectivity index (χ1) is 11.9. The van der Waals surface area contributed by atoms with Gasteiger partial charge in [-0.1, -0.05) is 18.2 Å². The van der Waals surface area contributed by atoms with Crippen molar-refractivity contribution in [2.75, 3.05) is 24.1 Å². The molecule has 0 unspecified atom stereocenters. The van der Waals surface area contributed by atoms with E-state index in [0.29, 0.717) is 12.1 Å². The molecule has 4 N–H and O–H groups in total. The number of nitrogens with one attached hydrogen (secondary N) is 2. The highest BCUT2D eigenvalue weighted by Crippen LogP contribution is 2.27. The number of nitrogens with zero attached hydrogens (tertiary/aromatic N) is 2. The zero-order valence-corrected chi connectivity index (χ0v) is 13.3. The molecule has 0 atom stereocenters. The van der Waals surface area contributed by atoms with Crippen molar-refractivity contribution in [1.82, 2.24) is 15.3 Å². The van der Waals surface area contributed by atoms with Crippen LogP contribution in [0.15, 0.2) is 36.5 Å². The van der Waals surface area contributed by atoms with Crippen LogP contribution in [0.5, 0.6) is 0 Å². The highest BCUT2D eigenvalue weighted by atomic mass is 19.4. The summed E-state index contributed by atoms with van der Waals surface area (Å²) in [6.45, 7) is 0.448. The van der Waals surface area contributed by atoms with E-state index >= 15 is 0 Å². The lowest BCUT2D eigenvalue weighted by Crippen LogP contribution is -2.29. The minimum absolute atomic E-state index is 0.138. The smallest absolute Gasteiger partial charge is 0.399 e. The van der Waals surface area contributed by atoms with E-state index in [2.05, 4.69) is 20.6 Å². The molecule has 1 heterocycles. The van der Waals surface area contributed by atoms with Gasteiger partial charge in [0.05, 0.1) is 0 Å². The number of anilines is 2. The van der Waals surface area contributed by atoms with Gasteiger partial charge >= 0.3 is 6.18 Å². The molecular formula is C16H18F3N5O. The van der Waals surface area contributed by atoms with Crippen LogP contribution >= 0.6 is 0 Å². The molecule has 0 radical (unpaired) electrons. The maximum Gasteiger partial charge on any atom is 0.433 e. The number of hydrogen-bond acceptors (Lipinski definition) is 5. The molecule has 134 valence electrons. The van der Waals surface area contributed by atoms with Crippen molar-refractivity contribution in [3.05, 3.63) is 47.8 Å². The molecule has 1 aromatic carbocycles. The predicted molar refractivity (Wildman–Crippen MR) is 87.7 cm³/mol. The molecule has 2 rings (SSSR count). The lowest BCUT2D eigenvalue weighted by molar-refractivity contribution is -0.141. The molecular weight excluding hydrogens is 335 g/mol. The Bertz CT molecular complexity index is 721. The van der Waals surface area contributed by atoms with E-state index in [-0.39, 0.29) is 31.4 Å². The highest BCUT2D eigenvalue weighted by molar-refractivity contribution is 5.76. The second kappa shape index (κ2) is 8.32. The first-order valence-electron chi connectivity index (χ1n) is 7.60. The fraction of sp³-hybridized carbons (Fsp3) is 0.312. The molecule has 0 aliphatic heterocycles. The van der Waals surface area contributed by atoms with Gasteiger partial charge in [-0.05, 0) is 24.1 Å². The predicted octanol–water partition coefficient (Wildman–Crippen LogP) is 2.24. The summed E-state index contributed by atoms with van der Waals surface area (Å²) in [7, 11) is 0. The number of carbonyl (C=O) groups is 1. The molecule has 0 aliphatic carbocycles. The van der Waals surface area contributed by atoms with Gasteiger partial charge in [0.15, 0.2) is 0 Å². The molecule has 1 amide bonds. The van der Waals surface area contributed by atoms with Gasteiger partial charge < -0.3 is 16.4 Å². The minimum Gasteiger partial charge on any atom is -0.399 e. The number of nitrogen functional groups attached to an aromatic ring is 1. The van der Waals surface area contributed by atoms with Crippen molar-refractivity contribution in [3.8, 4) is 0 Å². The summed E-state index contributed by atoms with van der Waals surface area (Å²) in [4.78, 5) is 18.8. The summed E-state index contributed by atoms with van der Waals surface area (Å²) in [5.74, 6) is -0.309. The summed E-state index contributed by atoms with van der Waals surface area (Å²) in [5.41, 5.74) is 6.31. The number of aromatic nitrogens is 2. The van der Waals surface area contributed by atoms with Gasteiger partial charge in [-0.2, -0.15) is 13.2 Å². The summed E-state index contributed by atoms with van der Waals surface area (Å²) in [6, 6.07) is 8.09. The van der Waals surface area contributed by atoms with Gasteiger partial charge in [-0.3, -0.25) is 4.79 Å². The maximum absolute atomic E-state index is 12.5. The summed E-state index contributed by atoms with van der Waals surface area (Å²) in [5, 5.41) is 5.31. The van der Waals surface area contributed by atoms with Crippen molar-refractivity contribution >= 4 is 17.5 Å². The van der Waals surface area contributed by atoms with Gasteiger partial charge in [0, 0.05) is 31.4 Å². The molecule has 9 heteroatoms. The van der Waals surface area contributed by atoms with Crippen LogP contribution in [0, 0.1) is 0 Å². The third-order valence-electron chi connectivity index (χ3n) is 3.35. The quantitative estimate of drug-likeness (QED) is 0.524. The van der Waals surface area contributed by atoms with Gasteiger partial charge in [-0.25, -0.2) is 9.97 Å². The van der Waals surface area contributed by atoms with Gasteiger partial charge in [0.2, 0.25) is 11.9 Å². The number of amides is 1. The molecule has 1 aromatic heterocycles. The third-order valence-corrected chi connectivity index (χ3v) is 3.35. The van der Waals surface area contributed by atoms with Crippen LogP contribution in [0.1, 0.15) is 17.7 Å². The average molecular weight is 353 g/mol. The molecule has 2 aromatic rings. The van der Waals surface area contributed by atoms with Crippen molar-refractivity contribution in [2.24, 2.45) is 0 Å². The number of alkyl halides is 3. The van der Waals surface area contributed by atoms with Gasteiger partial charge in [0.1, 0.15) is 5.69 Å². The molecule has 0 bridgehead atoms. The van der Waals surface area contributed by atoms with E-state index in [0.717, 1.165) is 17.8 Å². The maximum atomic E-state index is 12.5. The van der Waals surface area contributed by atoms with Crippen molar-refractivity contribution in [2.45, 2.75) is 19.0 Å². The van der Waals surface area contributed by atoms with E-state index in [4.69, 9.17) is 5.73 Å². The van der Waals surface area contributed by atoms with Crippen LogP contribution < -0.4 is 16.4 Å². The Hall–Kier alpha value is -2.84. The Labute approximate surface area is 142 Å². The lowest BCUT2D eigenvalue weighted by atomic mass is 10.1. The van der Waals surface area contributed by atoms with Crippen LogP contribution in [0.4, 0.5) is 24.8 Å². The Balaban J connectivity index is 1.71. The number of aryl methyl sites for hydroxylation is 1. The molecule has 6 nitrogen and oxygen atoms in total. The largest absolute Gasteiger partial charge is 0.433 e. The van der Waals surface area contributed by atoms with Crippen LogP contribution in [0.2, 0.25) is 0 Å². The monoisotopic (exact) mass is 353 g/mol. The number of nitrogens with two attached hydrogens (primary N) is 1. The normalized spacial score (nSPS) is 11.2. The molecule has 25 heavy (non-hydrogen) atoms. The number of benzene rings is 1. The Morgan fingerprint density at radius 1 is 1.16 bits per heavy atom. The first kappa shape index (κ1) is 18.5. The summed E-state index contributed by atoms with van der Waals surface area (Å²) in [6.07, 6.45) is -2.70. The first-order valence-corrected chi connectivity index (χ1v) is 7.60. The fourth-order valence-corrected chi connectivity index (χ4v) is 2.08. The summed E-state index contributed by atoms with van der Waals surface area (Å²) < 4.78 is 37.6. The lowest BCUT2D eigenvalue weighted by Gasteiger charge is -2.09. The van der Waals surface area contributed by atoms with Crippen LogP contribution in [0.3, 0.4) is 0 Å². The second-order valence-electron chi connectivity index (χ2n) is 5.24. The highest BCUT2D eigenvalue weighted by Gasteiger charge is 2.32. The number of rotatable bonds is 7. The number of halogens is 3. The molecule has 0 fully saturated rings. The number of para-hydroxylation sites is 1. The van der Waals surface area contributed by atoms with Crippen LogP contribution in [-0.4, -0.2) is 29.0 Å². The third kappa shape index (κ3) is 5.94. The van der Waals surface area contributed by atoms with E-state index in [1.54, 1.807) is 6.07 Å². The topological polar surface area (TPSA) is 92.9 Å². The zero-order valence-electron chi connectivity index (χ0n) is 13.3. The van der Waals surface area contributed by atoms with Crippen LogP contribution in [0.25, 0.3) is 0 Å². The number of carbonyl (C=O) groups excluding carboxylic acids is 1. The van der Waals surface area contributed by atoms with Crippen LogP contribution in [-0.2, 0) is 17.4 Å². The molecule has 0 aliphatic rings. The molecule has 0 spiro atoms.